The highest BCUT2D eigenvalue weighted by atomic mass is 16.5. The zero-order chi connectivity index (χ0) is 30.1. The molecule has 0 unspecified atom stereocenters. The average molecular weight is 578 g/mol. The van der Waals surface area contributed by atoms with Gasteiger partial charge < -0.3 is 19.9 Å². The number of H-pyrrole nitrogens is 1. The van der Waals surface area contributed by atoms with Crippen molar-refractivity contribution in [2.45, 2.75) is 66.0 Å². The number of carbonyl (C=O) groups excluding carboxylic acids is 1. The molecule has 1 aliphatic heterocycles. The zero-order valence-corrected chi connectivity index (χ0v) is 25.2. The fourth-order valence-electron chi connectivity index (χ4n) is 5.17. The number of carbonyl (C=O) groups is 1. The molecule has 4 aromatic rings. The molecule has 0 saturated carbocycles. The number of aliphatic hydroxyl groups excluding tert-OH is 1. The standard InChI is InChI=1S/C29H39N9O4/c1-8-37-14-18(5)42-29-24(25(27(40)30-6)34-36(29)7)19-11-21-22(32-33-26(21)31-12-19)10-9-20-23(15-37)38(13-17(4)39)35-28(20)41-16(2)3/h9-12,16-18,39H,8,13-15H2,1-7H3,(H,30,40)(H,31,32,33)/b10-9+/t17-,18-/m0/s1. The molecule has 0 aliphatic carbocycles. The molecule has 13 nitrogen and oxygen atoms in total. The number of pyridine rings is 1. The maximum absolute atomic E-state index is 12.9. The van der Waals surface area contributed by atoms with Crippen molar-refractivity contribution in [2.75, 3.05) is 20.1 Å². The van der Waals surface area contributed by atoms with Crippen LogP contribution in [0.5, 0.6) is 11.8 Å². The highest BCUT2D eigenvalue weighted by Gasteiger charge is 2.28. The molecule has 0 saturated heterocycles. The van der Waals surface area contributed by atoms with E-state index in [1.165, 1.54) is 0 Å². The number of fused-ring (bicyclic) bond motifs is 4. The third kappa shape index (κ3) is 5.74. The van der Waals surface area contributed by atoms with Crippen molar-refractivity contribution in [2.24, 2.45) is 7.05 Å². The van der Waals surface area contributed by atoms with E-state index in [0.29, 0.717) is 48.2 Å². The second-order valence-corrected chi connectivity index (χ2v) is 10.9. The molecular formula is C29H39N9O4. The molecule has 13 heteroatoms. The lowest BCUT2D eigenvalue weighted by atomic mass is 10.1. The number of nitrogens with zero attached hydrogens (tertiary/aromatic N) is 7. The zero-order valence-electron chi connectivity index (χ0n) is 25.2. The van der Waals surface area contributed by atoms with Crippen molar-refractivity contribution in [1.29, 1.82) is 0 Å². The Hall–Kier alpha value is -4.23. The van der Waals surface area contributed by atoms with E-state index in [1.54, 1.807) is 31.9 Å². The first-order valence-electron chi connectivity index (χ1n) is 14.2. The Kier molecular flexibility index (Phi) is 8.32. The van der Waals surface area contributed by atoms with Crippen molar-refractivity contribution in [1.82, 2.24) is 45.0 Å². The van der Waals surface area contributed by atoms with Crippen LogP contribution < -0.4 is 14.8 Å². The van der Waals surface area contributed by atoms with Gasteiger partial charge in [-0.2, -0.15) is 10.2 Å². The monoisotopic (exact) mass is 577 g/mol. The minimum Gasteiger partial charge on any atom is -0.473 e. The van der Waals surface area contributed by atoms with Crippen molar-refractivity contribution < 1.29 is 19.4 Å². The lowest BCUT2D eigenvalue weighted by Gasteiger charge is -2.26. The number of aryl methyl sites for hydroxylation is 1. The van der Waals surface area contributed by atoms with Gasteiger partial charge in [-0.3, -0.25) is 19.5 Å². The van der Waals surface area contributed by atoms with Gasteiger partial charge in [-0.25, -0.2) is 9.67 Å². The number of rotatable bonds is 6. The van der Waals surface area contributed by atoms with Gasteiger partial charge in [-0.1, -0.05) is 6.92 Å². The molecule has 3 N–H and O–H groups in total. The van der Waals surface area contributed by atoms with Gasteiger partial charge in [0.25, 0.3) is 5.91 Å². The Morgan fingerprint density at radius 3 is 2.76 bits per heavy atom. The quantitative estimate of drug-likeness (QED) is 0.315. The van der Waals surface area contributed by atoms with E-state index in [1.807, 2.05) is 43.7 Å². The summed E-state index contributed by atoms with van der Waals surface area (Å²) in [6, 6.07) is 1.94. The van der Waals surface area contributed by atoms with Crippen LogP contribution in [0.4, 0.5) is 0 Å². The minimum absolute atomic E-state index is 0.0916. The van der Waals surface area contributed by atoms with Crippen LogP contribution in [0.3, 0.4) is 0 Å². The van der Waals surface area contributed by atoms with Crippen LogP contribution in [-0.2, 0) is 20.1 Å². The topological polar surface area (TPSA) is 148 Å². The predicted molar refractivity (Wildman–Crippen MR) is 159 cm³/mol. The van der Waals surface area contributed by atoms with Crippen LogP contribution >= 0.6 is 0 Å². The number of aromatic nitrogens is 7. The van der Waals surface area contributed by atoms with E-state index in [4.69, 9.17) is 14.6 Å². The largest absolute Gasteiger partial charge is 0.473 e. The summed E-state index contributed by atoms with van der Waals surface area (Å²) in [6.45, 7) is 11.9. The van der Waals surface area contributed by atoms with Crippen molar-refractivity contribution >= 4 is 29.1 Å². The number of aliphatic hydroxyl groups is 1. The van der Waals surface area contributed by atoms with Crippen LogP contribution in [0.1, 0.15) is 62.1 Å². The second-order valence-electron chi connectivity index (χ2n) is 10.9. The number of hydrogen-bond donors (Lipinski definition) is 3. The normalized spacial score (nSPS) is 17.3. The Labute approximate surface area is 244 Å². The first-order chi connectivity index (χ1) is 20.1. The van der Waals surface area contributed by atoms with Gasteiger partial charge in [-0.05, 0) is 52.5 Å². The molecule has 0 aromatic carbocycles. The van der Waals surface area contributed by atoms with Crippen LogP contribution in [0.2, 0.25) is 0 Å². The average Bonchev–Trinajstić information content (AvgIpc) is 3.58. The summed E-state index contributed by atoms with van der Waals surface area (Å²) in [6.07, 6.45) is 4.63. The van der Waals surface area contributed by atoms with Crippen LogP contribution in [0.15, 0.2) is 12.3 Å². The SMILES string of the molecule is CCN1Cc2c(c(OC(C)C)nn2C[C@H](C)O)/C=C/c2[nH]nc3ncc(cc23)-c2c(C(=O)NC)nn(C)c2O[C@@H](C)C1. The first kappa shape index (κ1) is 29.3. The smallest absolute Gasteiger partial charge is 0.272 e. The first-order valence-corrected chi connectivity index (χ1v) is 14.2. The lowest BCUT2D eigenvalue weighted by Crippen LogP contribution is -2.35. The molecular weight excluding hydrogens is 538 g/mol. The van der Waals surface area contributed by atoms with Gasteiger partial charge in [-0.15, -0.1) is 5.10 Å². The molecule has 5 heterocycles. The van der Waals surface area contributed by atoms with E-state index in [9.17, 15) is 9.90 Å². The van der Waals surface area contributed by atoms with Gasteiger partial charge >= 0.3 is 0 Å². The number of aromatic amines is 1. The van der Waals surface area contributed by atoms with Gasteiger partial charge in [0.1, 0.15) is 6.10 Å². The third-order valence-electron chi connectivity index (χ3n) is 7.08. The molecule has 42 heavy (non-hydrogen) atoms. The maximum Gasteiger partial charge on any atom is 0.272 e. The summed E-state index contributed by atoms with van der Waals surface area (Å²) in [5.41, 5.74) is 4.50. The molecule has 4 aromatic heterocycles. The molecule has 5 rings (SSSR count). The number of amides is 1. The fourth-order valence-corrected chi connectivity index (χ4v) is 5.17. The molecule has 0 spiro atoms. The van der Waals surface area contributed by atoms with Crippen molar-refractivity contribution in [3.63, 3.8) is 0 Å². The highest BCUT2D eigenvalue weighted by molar-refractivity contribution is 6.01. The van der Waals surface area contributed by atoms with Crippen molar-refractivity contribution in [3.8, 4) is 22.9 Å². The molecule has 2 atom stereocenters. The van der Waals surface area contributed by atoms with E-state index in [2.05, 4.69) is 37.4 Å². The molecule has 1 amide bonds. The van der Waals surface area contributed by atoms with Crippen LogP contribution in [-0.4, -0.2) is 89.1 Å². The summed E-state index contributed by atoms with van der Waals surface area (Å²) < 4.78 is 16.1. The Bertz CT molecular complexity index is 1610. The van der Waals surface area contributed by atoms with Gasteiger partial charge in [0.15, 0.2) is 11.3 Å². The van der Waals surface area contributed by atoms with E-state index < -0.39 is 6.10 Å². The summed E-state index contributed by atoms with van der Waals surface area (Å²) in [5.74, 6) is 0.651. The lowest BCUT2D eigenvalue weighted by molar-refractivity contribution is 0.0958. The van der Waals surface area contributed by atoms with E-state index >= 15 is 0 Å². The molecule has 2 bridgehead atoms. The van der Waals surface area contributed by atoms with Crippen LogP contribution in [0.25, 0.3) is 34.3 Å². The Morgan fingerprint density at radius 2 is 2.07 bits per heavy atom. The van der Waals surface area contributed by atoms with Gasteiger partial charge in [0.05, 0.1) is 41.3 Å². The maximum atomic E-state index is 12.9. The molecule has 224 valence electrons. The minimum atomic E-state index is -0.599. The summed E-state index contributed by atoms with van der Waals surface area (Å²) in [4.78, 5) is 19.7. The predicted octanol–water partition coefficient (Wildman–Crippen LogP) is 2.86. The summed E-state index contributed by atoms with van der Waals surface area (Å²) in [7, 11) is 3.34. The highest BCUT2D eigenvalue weighted by Crippen LogP contribution is 2.36. The van der Waals surface area contributed by atoms with Gasteiger partial charge in [0.2, 0.25) is 11.8 Å². The number of hydrogen-bond acceptors (Lipinski definition) is 9. The van der Waals surface area contributed by atoms with Gasteiger partial charge in [0, 0.05) is 44.3 Å². The number of ether oxygens (including phenoxy) is 2. The Morgan fingerprint density at radius 1 is 1.29 bits per heavy atom. The molecule has 0 fully saturated rings. The number of nitrogens with one attached hydrogen (secondary N) is 2. The van der Waals surface area contributed by atoms with E-state index in [0.717, 1.165) is 28.9 Å². The van der Waals surface area contributed by atoms with Crippen LogP contribution in [0, 0.1) is 0 Å². The summed E-state index contributed by atoms with van der Waals surface area (Å²) >= 11 is 0. The summed E-state index contributed by atoms with van der Waals surface area (Å²) in [5, 5.41) is 30.5. The number of likely N-dealkylation sites (N-methyl/N-ethyl adjacent to an activating group) is 1. The Balaban J connectivity index is 1.74. The third-order valence-corrected chi connectivity index (χ3v) is 7.08. The molecule has 0 radical (unpaired) electrons. The van der Waals surface area contributed by atoms with E-state index in [-0.39, 0.29) is 23.8 Å². The fraction of sp³-hybridized carbons (Fsp3) is 0.483. The van der Waals surface area contributed by atoms with Crippen molar-refractivity contribution in [3.05, 3.63) is 34.9 Å². The second kappa shape index (κ2) is 11.9. The molecule has 1 aliphatic rings.